The van der Waals surface area contributed by atoms with E-state index in [0.717, 1.165) is 0 Å². The summed E-state index contributed by atoms with van der Waals surface area (Å²) in [6.07, 6.45) is 0. The van der Waals surface area contributed by atoms with Crippen LogP contribution >= 0.6 is 0 Å². The summed E-state index contributed by atoms with van der Waals surface area (Å²) in [7, 11) is -2.55. The van der Waals surface area contributed by atoms with E-state index in [0.29, 0.717) is 0 Å². The molecule has 0 atom stereocenters. The van der Waals surface area contributed by atoms with Crippen LogP contribution in [-0.4, -0.2) is 16.1 Å². The first kappa shape index (κ1) is 15.7. The fraction of sp³-hybridized carbons (Fsp3) is 0.625. The van der Waals surface area contributed by atoms with Crippen LogP contribution < -0.4 is 10.4 Å². The third-order valence-corrected chi connectivity index (χ3v) is 7.50. The lowest BCUT2D eigenvalue weighted by molar-refractivity contribution is 0.597. The number of hydrogen-bond donors (Lipinski definition) is 0. The van der Waals surface area contributed by atoms with E-state index in [1.807, 2.05) is 0 Å². The molecule has 1 rings (SSSR count). The molecule has 1 aromatic carbocycles. The SMILES string of the molecule is CC(C)(C)c1c([Si](C)(C)C)cccc1[Si](C)(C)C. The summed E-state index contributed by atoms with van der Waals surface area (Å²) in [5.41, 5.74) is 1.91. The van der Waals surface area contributed by atoms with Crippen molar-refractivity contribution >= 4 is 26.5 Å². The average molecular weight is 279 g/mol. The van der Waals surface area contributed by atoms with Gasteiger partial charge in [0.1, 0.15) is 0 Å². The standard InChI is InChI=1S/C16H30Si2/c1-16(2,3)15-13(17(4,5)6)11-10-12-14(15)18(7,8)9/h10-12H,1-9H3. The van der Waals surface area contributed by atoms with Gasteiger partial charge >= 0.3 is 0 Å². The van der Waals surface area contributed by atoms with Crippen LogP contribution in [0, 0.1) is 0 Å². The van der Waals surface area contributed by atoms with Crippen LogP contribution in [0.15, 0.2) is 18.2 Å². The maximum atomic E-state index is 2.46. The summed E-state index contributed by atoms with van der Waals surface area (Å²) in [5, 5.41) is 3.32. The Hall–Kier alpha value is -0.346. The molecule has 0 aliphatic carbocycles. The van der Waals surface area contributed by atoms with Gasteiger partial charge < -0.3 is 0 Å². The van der Waals surface area contributed by atoms with Crippen molar-refractivity contribution in [2.75, 3.05) is 0 Å². The van der Waals surface area contributed by atoms with Gasteiger partial charge in [-0.3, -0.25) is 0 Å². The molecule has 0 aliphatic rings. The van der Waals surface area contributed by atoms with Gasteiger partial charge in [-0.25, -0.2) is 0 Å². The zero-order chi connectivity index (χ0) is 14.4. The summed E-state index contributed by atoms with van der Waals surface area (Å²) >= 11 is 0. The molecule has 0 N–H and O–H groups in total. The van der Waals surface area contributed by atoms with E-state index in [1.54, 1.807) is 15.9 Å². The van der Waals surface area contributed by atoms with Gasteiger partial charge in [-0.1, -0.05) is 88.6 Å². The van der Waals surface area contributed by atoms with Crippen LogP contribution in [0.25, 0.3) is 0 Å². The van der Waals surface area contributed by atoms with Crippen LogP contribution in [0.3, 0.4) is 0 Å². The monoisotopic (exact) mass is 278 g/mol. The second-order valence-corrected chi connectivity index (χ2v) is 18.6. The first-order valence-electron chi connectivity index (χ1n) is 6.99. The van der Waals surface area contributed by atoms with E-state index < -0.39 is 16.1 Å². The fourth-order valence-electron chi connectivity index (χ4n) is 2.61. The molecule has 0 saturated heterocycles. The zero-order valence-electron chi connectivity index (χ0n) is 13.7. The quantitative estimate of drug-likeness (QED) is 0.715. The summed E-state index contributed by atoms with van der Waals surface area (Å²) in [6.45, 7) is 21.9. The third kappa shape index (κ3) is 3.35. The van der Waals surface area contributed by atoms with Crippen molar-refractivity contribution < 1.29 is 0 Å². The molecule has 0 unspecified atom stereocenters. The van der Waals surface area contributed by atoms with Crippen LogP contribution in [-0.2, 0) is 5.41 Å². The smallest absolute Gasteiger partial charge is 0.0656 e. The summed E-state index contributed by atoms with van der Waals surface area (Å²) in [4.78, 5) is 0. The topological polar surface area (TPSA) is 0 Å². The first-order chi connectivity index (χ1) is 7.85. The Morgan fingerprint density at radius 3 is 1.28 bits per heavy atom. The van der Waals surface area contributed by atoms with Crippen molar-refractivity contribution in [3.05, 3.63) is 23.8 Å². The highest BCUT2D eigenvalue weighted by Gasteiger charge is 2.32. The van der Waals surface area contributed by atoms with Crippen molar-refractivity contribution in [2.24, 2.45) is 0 Å². The van der Waals surface area contributed by atoms with E-state index in [2.05, 4.69) is 78.3 Å². The van der Waals surface area contributed by atoms with Crippen LogP contribution in [0.5, 0.6) is 0 Å². The molecule has 0 nitrogen and oxygen atoms in total. The molecule has 0 aromatic heterocycles. The van der Waals surface area contributed by atoms with Crippen molar-refractivity contribution in [3.8, 4) is 0 Å². The molecular formula is C16H30Si2. The predicted octanol–water partition coefficient (Wildman–Crippen LogP) is 4.07. The van der Waals surface area contributed by atoms with E-state index in [9.17, 15) is 0 Å². The van der Waals surface area contributed by atoms with Gasteiger partial charge in [-0.05, 0) is 11.0 Å². The lowest BCUT2D eigenvalue weighted by atomic mass is 9.87. The lowest BCUT2D eigenvalue weighted by Crippen LogP contribution is -2.52. The molecule has 0 saturated carbocycles. The van der Waals surface area contributed by atoms with Gasteiger partial charge in [0.25, 0.3) is 0 Å². The molecule has 0 bridgehead atoms. The lowest BCUT2D eigenvalue weighted by Gasteiger charge is -2.35. The molecule has 102 valence electrons. The highest BCUT2D eigenvalue weighted by atomic mass is 28.3. The molecule has 0 spiro atoms. The van der Waals surface area contributed by atoms with Crippen molar-refractivity contribution in [1.82, 2.24) is 0 Å². The molecule has 0 heterocycles. The maximum absolute atomic E-state index is 2.46. The Morgan fingerprint density at radius 1 is 0.722 bits per heavy atom. The van der Waals surface area contributed by atoms with E-state index >= 15 is 0 Å². The van der Waals surface area contributed by atoms with E-state index in [1.165, 1.54) is 0 Å². The van der Waals surface area contributed by atoms with Gasteiger partial charge in [0.15, 0.2) is 0 Å². The Kier molecular flexibility index (Phi) is 4.05. The van der Waals surface area contributed by atoms with Crippen molar-refractivity contribution in [2.45, 2.75) is 65.5 Å². The molecule has 2 heteroatoms. The normalized spacial score (nSPS) is 13.8. The van der Waals surface area contributed by atoms with Crippen LogP contribution in [0.4, 0.5) is 0 Å². The summed E-state index contributed by atoms with van der Waals surface area (Å²) in [5.74, 6) is 0. The van der Waals surface area contributed by atoms with Crippen LogP contribution in [0.1, 0.15) is 26.3 Å². The predicted molar refractivity (Wildman–Crippen MR) is 91.1 cm³/mol. The third-order valence-electron chi connectivity index (χ3n) is 3.43. The largest absolute Gasteiger partial charge is 0.0779 e. The fourth-order valence-corrected chi connectivity index (χ4v) is 6.45. The molecule has 0 fully saturated rings. The minimum absolute atomic E-state index is 0.256. The molecule has 1 aromatic rings. The summed E-state index contributed by atoms with van der Waals surface area (Å²) < 4.78 is 0. The average Bonchev–Trinajstić information content (AvgIpc) is 2.12. The Morgan fingerprint density at radius 2 is 1.06 bits per heavy atom. The first-order valence-corrected chi connectivity index (χ1v) is 14.0. The molecule has 18 heavy (non-hydrogen) atoms. The number of rotatable bonds is 2. The minimum Gasteiger partial charge on any atom is -0.0656 e. The minimum atomic E-state index is -1.28. The zero-order valence-corrected chi connectivity index (χ0v) is 15.7. The number of hydrogen-bond acceptors (Lipinski definition) is 0. The molecule has 0 amide bonds. The van der Waals surface area contributed by atoms with E-state index in [-0.39, 0.29) is 5.41 Å². The second kappa shape index (κ2) is 4.64. The molecular weight excluding hydrogens is 248 g/mol. The van der Waals surface area contributed by atoms with Crippen LogP contribution in [0.2, 0.25) is 39.3 Å². The van der Waals surface area contributed by atoms with Gasteiger partial charge in [0, 0.05) is 0 Å². The van der Waals surface area contributed by atoms with Gasteiger partial charge in [0.05, 0.1) is 16.1 Å². The Balaban J connectivity index is 3.68. The second-order valence-electron chi connectivity index (χ2n) is 8.48. The maximum Gasteiger partial charge on any atom is 0.0779 e. The van der Waals surface area contributed by atoms with E-state index in [4.69, 9.17) is 0 Å². The number of benzene rings is 1. The van der Waals surface area contributed by atoms with Crippen molar-refractivity contribution in [1.29, 1.82) is 0 Å². The van der Waals surface area contributed by atoms with Gasteiger partial charge in [-0.2, -0.15) is 0 Å². The van der Waals surface area contributed by atoms with Gasteiger partial charge in [-0.15, -0.1) is 0 Å². The summed E-state index contributed by atoms with van der Waals surface area (Å²) in [6, 6.07) is 7.06. The van der Waals surface area contributed by atoms with Gasteiger partial charge in [0.2, 0.25) is 0 Å². The Labute approximate surface area is 116 Å². The van der Waals surface area contributed by atoms with Crippen molar-refractivity contribution in [3.63, 3.8) is 0 Å². The molecule has 0 radical (unpaired) electrons. The highest BCUT2D eigenvalue weighted by molar-refractivity contribution is 6.92. The Bertz CT molecular complexity index is 394. The molecule has 0 aliphatic heterocycles. The highest BCUT2D eigenvalue weighted by Crippen LogP contribution is 2.24.